The van der Waals surface area contributed by atoms with Crippen molar-refractivity contribution in [3.63, 3.8) is 0 Å². The van der Waals surface area contributed by atoms with Crippen LogP contribution < -0.4 is 15.6 Å². The molecule has 2 aromatic carbocycles. The summed E-state index contributed by atoms with van der Waals surface area (Å²) in [4.78, 5) is 23.1. The summed E-state index contributed by atoms with van der Waals surface area (Å²) < 4.78 is 31.3. The lowest BCUT2D eigenvalue weighted by molar-refractivity contribution is -0.123. The van der Waals surface area contributed by atoms with Gasteiger partial charge in [0.15, 0.2) is 6.61 Å². The molecule has 0 aromatic heterocycles. The minimum absolute atomic E-state index is 0.176. The lowest BCUT2D eigenvalue weighted by Gasteiger charge is -2.09. The number of rotatable bonds is 4. The van der Waals surface area contributed by atoms with Crippen LogP contribution in [0.1, 0.15) is 10.4 Å². The third-order valence-corrected chi connectivity index (χ3v) is 2.60. The molecule has 0 saturated heterocycles. The van der Waals surface area contributed by atoms with Crippen LogP contribution in [-0.2, 0) is 4.79 Å². The van der Waals surface area contributed by atoms with Gasteiger partial charge in [-0.15, -0.1) is 0 Å². The normalized spacial score (nSPS) is 9.91. The minimum Gasteiger partial charge on any atom is -0.484 e. The van der Waals surface area contributed by atoms with Crippen LogP contribution in [0.5, 0.6) is 5.75 Å². The van der Waals surface area contributed by atoms with Gasteiger partial charge in [-0.2, -0.15) is 0 Å². The van der Waals surface area contributed by atoms with E-state index in [-0.39, 0.29) is 11.3 Å². The molecule has 2 aromatic rings. The summed E-state index contributed by atoms with van der Waals surface area (Å²) in [6, 6.07) is 10.6. The SMILES string of the molecule is O=C(COc1cccc(F)c1)NNC(=O)c1ccccc1F. The first kappa shape index (κ1) is 15.4. The van der Waals surface area contributed by atoms with Crippen molar-refractivity contribution < 1.29 is 23.1 Å². The van der Waals surface area contributed by atoms with Crippen LogP contribution in [0.2, 0.25) is 0 Å². The number of amides is 2. The summed E-state index contributed by atoms with van der Waals surface area (Å²) in [5.74, 6) is -2.49. The van der Waals surface area contributed by atoms with Gasteiger partial charge >= 0.3 is 0 Å². The molecule has 0 atom stereocenters. The van der Waals surface area contributed by atoms with E-state index in [4.69, 9.17) is 4.74 Å². The minimum atomic E-state index is -0.794. The molecular weight excluding hydrogens is 294 g/mol. The van der Waals surface area contributed by atoms with Crippen molar-refractivity contribution in [3.05, 3.63) is 65.7 Å². The van der Waals surface area contributed by atoms with E-state index in [1.165, 1.54) is 36.4 Å². The Morgan fingerprint density at radius 1 is 1.00 bits per heavy atom. The highest BCUT2D eigenvalue weighted by Crippen LogP contribution is 2.11. The van der Waals surface area contributed by atoms with Crippen molar-refractivity contribution in [2.75, 3.05) is 6.61 Å². The van der Waals surface area contributed by atoms with Crippen molar-refractivity contribution >= 4 is 11.8 Å². The summed E-state index contributed by atoms with van der Waals surface area (Å²) in [6.45, 7) is -0.430. The molecule has 0 heterocycles. The van der Waals surface area contributed by atoms with Crippen LogP contribution in [0.3, 0.4) is 0 Å². The molecule has 2 N–H and O–H groups in total. The van der Waals surface area contributed by atoms with Gasteiger partial charge in [-0.3, -0.25) is 20.4 Å². The fourth-order valence-corrected chi connectivity index (χ4v) is 1.58. The first-order valence-electron chi connectivity index (χ1n) is 6.28. The van der Waals surface area contributed by atoms with E-state index in [0.717, 1.165) is 12.1 Å². The predicted molar refractivity (Wildman–Crippen MR) is 73.9 cm³/mol. The number of hydrazine groups is 1. The van der Waals surface area contributed by atoms with E-state index in [1.54, 1.807) is 0 Å². The molecule has 0 radical (unpaired) electrons. The van der Waals surface area contributed by atoms with Crippen molar-refractivity contribution in [1.82, 2.24) is 10.9 Å². The summed E-state index contributed by atoms with van der Waals surface area (Å²) in [5.41, 5.74) is 3.92. The molecule has 7 heteroatoms. The number of carbonyl (C=O) groups excluding carboxylic acids is 2. The van der Waals surface area contributed by atoms with Gasteiger partial charge in [0.2, 0.25) is 0 Å². The lowest BCUT2D eigenvalue weighted by Crippen LogP contribution is -2.44. The van der Waals surface area contributed by atoms with Gasteiger partial charge in [0.05, 0.1) is 5.56 Å². The van der Waals surface area contributed by atoms with Gasteiger partial charge in [-0.05, 0) is 24.3 Å². The van der Waals surface area contributed by atoms with E-state index in [9.17, 15) is 18.4 Å². The molecule has 22 heavy (non-hydrogen) atoms. The maximum absolute atomic E-state index is 13.3. The molecule has 0 fully saturated rings. The molecular formula is C15H12F2N2O3. The fraction of sp³-hybridized carbons (Fsp3) is 0.0667. The van der Waals surface area contributed by atoms with Gasteiger partial charge in [-0.1, -0.05) is 18.2 Å². The summed E-state index contributed by atoms with van der Waals surface area (Å²) in [7, 11) is 0. The second-order valence-corrected chi connectivity index (χ2v) is 4.23. The molecule has 114 valence electrons. The van der Waals surface area contributed by atoms with Crippen LogP contribution >= 0.6 is 0 Å². The third-order valence-electron chi connectivity index (χ3n) is 2.60. The van der Waals surface area contributed by atoms with Gasteiger partial charge < -0.3 is 4.74 Å². The number of hydrogen-bond donors (Lipinski definition) is 2. The Morgan fingerprint density at radius 3 is 2.50 bits per heavy atom. The Bertz CT molecular complexity index is 692. The lowest BCUT2D eigenvalue weighted by atomic mass is 10.2. The third kappa shape index (κ3) is 4.27. The Kier molecular flexibility index (Phi) is 5.02. The van der Waals surface area contributed by atoms with Crippen molar-refractivity contribution in [2.24, 2.45) is 0 Å². The van der Waals surface area contributed by atoms with Crippen LogP contribution in [0.25, 0.3) is 0 Å². The predicted octanol–water partition coefficient (Wildman–Crippen LogP) is 1.80. The number of benzene rings is 2. The van der Waals surface area contributed by atoms with Crippen molar-refractivity contribution in [3.8, 4) is 5.75 Å². The summed E-state index contributed by atoms with van der Waals surface area (Å²) in [5, 5.41) is 0. The summed E-state index contributed by atoms with van der Waals surface area (Å²) >= 11 is 0. The van der Waals surface area contributed by atoms with E-state index in [1.807, 2.05) is 0 Å². The quantitative estimate of drug-likeness (QED) is 0.847. The molecule has 0 aliphatic heterocycles. The van der Waals surface area contributed by atoms with Gasteiger partial charge in [-0.25, -0.2) is 8.78 Å². The smallest absolute Gasteiger partial charge is 0.276 e. The molecule has 0 unspecified atom stereocenters. The monoisotopic (exact) mass is 306 g/mol. The van der Waals surface area contributed by atoms with E-state index < -0.39 is 30.1 Å². The van der Waals surface area contributed by atoms with Gasteiger partial charge in [0.25, 0.3) is 11.8 Å². The van der Waals surface area contributed by atoms with Crippen molar-refractivity contribution in [1.29, 1.82) is 0 Å². The number of halogens is 2. The van der Waals surface area contributed by atoms with Crippen LogP contribution in [0.4, 0.5) is 8.78 Å². The van der Waals surface area contributed by atoms with Gasteiger partial charge in [0.1, 0.15) is 17.4 Å². The second kappa shape index (κ2) is 7.16. The molecule has 0 aliphatic carbocycles. The van der Waals surface area contributed by atoms with Crippen LogP contribution in [-0.4, -0.2) is 18.4 Å². The summed E-state index contributed by atoms with van der Waals surface area (Å²) in [6.07, 6.45) is 0. The number of ether oxygens (including phenoxy) is 1. The topological polar surface area (TPSA) is 67.4 Å². The zero-order valence-corrected chi connectivity index (χ0v) is 11.3. The molecule has 0 saturated carbocycles. The Hall–Kier alpha value is -2.96. The number of nitrogens with one attached hydrogen (secondary N) is 2. The molecule has 2 amide bonds. The number of hydrogen-bond acceptors (Lipinski definition) is 3. The Balaban J connectivity index is 1.81. The van der Waals surface area contributed by atoms with Crippen LogP contribution in [0.15, 0.2) is 48.5 Å². The number of carbonyl (C=O) groups is 2. The molecule has 0 aliphatic rings. The van der Waals surface area contributed by atoms with Crippen LogP contribution in [0, 0.1) is 11.6 Å². The zero-order chi connectivity index (χ0) is 15.9. The molecule has 0 spiro atoms. The molecule has 0 bridgehead atoms. The van der Waals surface area contributed by atoms with E-state index in [0.29, 0.717) is 0 Å². The first-order valence-corrected chi connectivity index (χ1v) is 6.28. The highest BCUT2D eigenvalue weighted by molar-refractivity contribution is 5.95. The van der Waals surface area contributed by atoms with Gasteiger partial charge in [0, 0.05) is 6.07 Å². The first-order chi connectivity index (χ1) is 10.6. The molecule has 5 nitrogen and oxygen atoms in total. The maximum Gasteiger partial charge on any atom is 0.276 e. The Morgan fingerprint density at radius 2 is 1.77 bits per heavy atom. The Labute approximate surface area is 124 Å². The average Bonchev–Trinajstić information content (AvgIpc) is 2.51. The van der Waals surface area contributed by atoms with E-state index >= 15 is 0 Å². The van der Waals surface area contributed by atoms with E-state index in [2.05, 4.69) is 10.9 Å². The highest BCUT2D eigenvalue weighted by Gasteiger charge is 2.11. The largest absolute Gasteiger partial charge is 0.484 e. The molecule has 2 rings (SSSR count). The average molecular weight is 306 g/mol. The maximum atomic E-state index is 13.3. The standard InChI is InChI=1S/C15H12F2N2O3/c16-10-4-3-5-11(8-10)22-9-14(20)18-19-15(21)12-6-1-2-7-13(12)17/h1-8H,9H2,(H,18,20)(H,19,21). The van der Waals surface area contributed by atoms with Crippen molar-refractivity contribution in [2.45, 2.75) is 0 Å². The zero-order valence-electron chi connectivity index (χ0n) is 11.3. The highest BCUT2D eigenvalue weighted by atomic mass is 19.1. The fourth-order valence-electron chi connectivity index (χ4n) is 1.58. The second-order valence-electron chi connectivity index (χ2n) is 4.23.